The van der Waals surface area contributed by atoms with E-state index in [1.807, 2.05) is 38.1 Å². The molecule has 19 heavy (non-hydrogen) atoms. The van der Waals surface area contributed by atoms with Crippen molar-refractivity contribution in [3.8, 4) is 0 Å². The predicted molar refractivity (Wildman–Crippen MR) is 81.8 cm³/mol. The van der Waals surface area contributed by atoms with Gasteiger partial charge >= 0.3 is 0 Å². The quantitative estimate of drug-likeness (QED) is 0.717. The van der Waals surface area contributed by atoms with Gasteiger partial charge in [0.05, 0.1) is 3.79 Å². The minimum Gasteiger partial charge on any atom is -0.458 e. The Morgan fingerprint density at radius 2 is 2.00 bits per heavy atom. The molecule has 3 aromatic rings. The standard InChI is InChI=1S/C15H13BrO2S/c1-8-3-4-11-10(5-8)7-12(18-11)14(17)13-6-9(2)15(16)19-13/h3-7,14,17H,1-2H3. The number of benzene rings is 1. The van der Waals surface area contributed by atoms with Gasteiger partial charge in [-0.15, -0.1) is 11.3 Å². The number of aryl methyl sites for hydroxylation is 2. The van der Waals surface area contributed by atoms with Crippen molar-refractivity contribution in [3.63, 3.8) is 0 Å². The fraction of sp³-hybridized carbons (Fsp3) is 0.200. The van der Waals surface area contributed by atoms with Crippen LogP contribution >= 0.6 is 27.3 Å². The lowest BCUT2D eigenvalue weighted by atomic mass is 10.1. The maximum absolute atomic E-state index is 10.4. The van der Waals surface area contributed by atoms with Crippen molar-refractivity contribution in [2.45, 2.75) is 20.0 Å². The van der Waals surface area contributed by atoms with Gasteiger partial charge in [-0.05, 0) is 59.6 Å². The van der Waals surface area contributed by atoms with Gasteiger partial charge in [-0.3, -0.25) is 0 Å². The van der Waals surface area contributed by atoms with Gasteiger partial charge < -0.3 is 9.52 Å². The van der Waals surface area contributed by atoms with E-state index in [4.69, 9.17) is 4.42 Å². The van der Waals surface area contributed by atoms with Crippen LogP contribution in [0.5, 0.6) is 0 Å². The zero-order chi connectivity index (χ0) is 13.6. The second-order valence-corrected chi connectivity index (χ2v) is 7.10. The van der Waals surface area contributed by atoms with Crippen LogP contribution in [-0.2, 0) is 0 Å². The van der Waals surface area contributed by atoms with E-state index >= 15 is 0 Å². The van der Waals surface area contributed by atoms with Crippen LogP contribution in [0.3, 0.4) is 0 Å². The summed E-state index contributed by atoms with van der Waals surface area (Å²) in [5.74, 6) is 0.592. The number of hydrogen-bond acceptors (Lipinski definition) is 3. The normalized spacial score (nSPS) is 13.1. The fourth-order valence-corrected chi connectivity index (χ4v) is 3.64. The van der Waals surface area contributed by atoms with E-state index in [0.717, 1.165) is 25.2 Å². The van der Waals surface area contributed by atoms with Crippen LogP contribution in [0.15, 0.2) is 38.5 Å². The molecule has 0 bridgehead atoms. The third-order valence-corrected chi connectivity index (χ3v) is 5.30. The summed E-state index contributed by atoms with van der Waals surface area (Å²) >= 11 is 5.01. The number of hydrogen-bond donors (Lipinski definition) is 1. The first-order valence-electron chi connectivity index (χ1n) is 5.98. The van der Waals surface area contributed by atoms with E-state index in [9.17, 15) is 5.11 Å². The van der Waals surface area contributed by atoms with Gasteiger partial charge in [0.2, 0.25) is 0 Å². The summed E-state index contributed by atoms with van der Waals surface area (Å²) in [6, 6.07) is 9.91. The zero-order valence-electron chi connectivity index (χ0n) is 10.6. The average molecular weight is 337 g/mol. The highest BCUT2D eigenvalue weighted by atomic mass is 79.9. The molecule has 0 spiro atoms. The van der Waals surface area contributed by atoms with Crippen LogP contribution < -0.4 is 0 Å². The Morgan fingerprint density at radius 3 is 2.68 bits per heavy atom. The van der Waals surface area contributed by atoms with Crippen LogP contribution in [0.1, 0.15) is 27.9 Å². The largest absolute Gasteiger partial charge is 0.458 e. The Bertz CT molecular complexity index is 722. The lowest BCUT2D eigenvalue weighted by Gasteiger charge is -2.03. The number of furan rings is 1. The van der Waals surface area contributed by atoms with Gasteiger partial charge in [-0.1, -0.05) is 11.6 Å². The molecule has 0 aliphatic carbocycles. The second kappa shape index (κ2) is 4.78. The van der Waals surface area contributed by atoms with Crippen LogP contribution in [0.25, 0.3) is 11.0 Å². The van der Waals surface area contributed by atoms with E-state index in [1.165, 1.54) is 16.9 Å². The lowest BCUT2D eigenvalue weighted by molar-refractivity contribution is 0.196. The molecule has 0 saturated heterocycles. The maximum atomic E-state index is 10.4. The maximum Gasteiger partial charge on any atom is 0.146 e. The SMILES string of the molecule is Cc1ccc2oc(C(O)c3cc(C)c(Br)s3)cc2c1. The molecule has 4 heteroatoms. The van der Waals surface area contributed by atoms with Crippen LogP contribution in [0.2, 0.25) is 0 Å². The number of aliphatic hydroxyl groups is 1. The van der Waals surface area contributed by atoms with E-state index in [0.29, 0.717) is 5.76 Å². The van der Waals surface area contributed by atoms with Gasteiger partial charge in [0, 0.05) is 10.3 Å². The van der Waals surface area contributed by atoms with E-state index in [-0.39, 0.29) is 0 Å². The third kappa shape index (κ3) is 2.36. The molecular weight excluding hydrogens is 324 g/mol. The molecule has 0 saturated carbocycles. The van der Waals surface area contributed by atoms with Crippen molar-refractivity contribution in [3.05, 3.63) is 55.9 Å². The molecule has 1 aromatic carbocycles. The van der Waals surface area contributed by atoms with Crippen LogP contribution in [0, 0.1) is 13.8 Å². The van der Waals surface area contributed by atoms with Gasteiger partial charge in [0.1, 0.15) is 17.4 Å². The Balaban J connectivity index is 2.03. The summed E-state index contributed by atoms with van der Waals surface area (Å²) < 4.78 is 6.78. The molecule has 98 valence electrons. The first-order chi connectivity index (χ1) is 9.04. The highest BCUT2D eigenvalue weighted by molar-refractivity contribution is 9.11. The monoisotopic (exact) mass is 336 g/mol. The highest BCUT2D eigenvalue weighted by Gasteiger charge is 2.18. The van der Waals surface area contributed by atoms with Crippen molar-refractivity contribution in [2.75, 3.05) is 0 Å². The molecule has 2 aromatic heterocycles. The number of fused-ring (bicyclic) bond motifs is 1. The summed E-state index contributed by atoms with van der Waals surface area (Å²) in [6.07, 6.45) is -0.706. The Labute approximate surface area is 123 Å². The van der Waals surface area contributed by atoms with Gasteiger partial charge in [-0.25, -0.2) is 0 Å². The Kier molecular flexibility index (Phi) is 3.25. The molecule has 0 aliphatic rings. The van der Waals surface area contributed by atoms with Crippen molar-refractivity contribution in [2.24, 2.45) is 0 Å². The summed E-state index contributed by atoms with van der Waals surface area (Å²) in [4.78, 5) is 0.889. The first-order valence-corrected chi connectivity index (χ1v) is 7.59. The van der Waals surface area contributed by atoms with Crippen molar-refractivity contribution in [1.82, 2.24) is 0 Å². The van der Waals surface area contributed by atoms with Crippen LogP contribution in [-0.4, -0.2) is 5.11 Å². The Morgan fingerprint density at radius 1 is 1.21 bits per heavy atom. The van der Waals surface area contributed by atoms with Crippen LogP contribution in [0.4, 0.5) is 0 Å². The summed E-state index contributed by atoms with van der Waals surface area (Å²) in [7, 11) is 0. The molecule has 0 fully saturated rings. The smallest absolute Gasteiger partial charge is 0.146 e. The average Bonchev–Trinajstić information content (AvgIpc) is 2.92. The molecule has 0 aliphatic heterocycles. The summed E-state index contributed by atoms with van der Waals surface area (Å²) in [6.45, 7) is 4.06. The molecule has 1 atom stereocenters. The number of rotatable bonds is 2. The van der Waals surface area contributed by atoms with E-state index in [1.54, 1.807) is 0 Å². The molecule has 2 heterocycles. The van der Waals surface area contributed by atoms with E-state index < -0.39 is 6.10 Å². The second-order valence-electron chi connectivity index (χ2n) is 4.70. The molecule has 1 N–H and O–H groups in total. The Hall–Kier alpha value is -1.10. The predicted octanol–water partition coefficient (Wildman–Crippen LogP) is 4.96. The van der Waals surface area contributed by atoms with Gasteiger partial charge in [-0.2, -0.15) is 0 Å². The first kappa shape index (κ1) is 12.9. The number of aliphatic hydroxyl groups excluding tert-OH is 1. The minimum absolute atomic E-state index is 0.592. The highest BCUT2D eigenvalue weighted by Crippen LogP contribution is 2.36. The molecule has 0 amide bonds. The number of thiophene rings is 1. The number of halogens is 1. The molecule has 2 nitrogen and oxygen atoms in total. The topological polar surface area (TPSA) is 33.4 Å². The summed E-state index contributed by atoms with van der Waals surface area (Å²) in [5, 5.41) is 11.4. The van der Waals surface area contributed by atoms with Crippen molar-refractivity contribution >= 4 is 38.2 Å². The summed E-state index contributed by atoms with van der Waals surface area (Å²) in [5.41, 5.74) is 3.13. The lowest BCUT2D eigenvalue weighted by Crippen LogP contribution is -1.94. The van der Waals surface area contributed by atoms with Gasteiger partial charge in [0.15, 0.2) is 0 Å². The van der Waals surface area contributed by atoms with E-state index in [2.05, 4.69) is 22.0 Å². The van der Waals surface area contributed by atoms with Crippen molar-refractivity contribution in [1.29, 1.82) is 0 Å². The third-order valence-electron chi connectivity index (χ3n) is 3.11. The molecule has 3 rings (SSSR count). The fourth-order valence-electron chi connectivity index (χ4n) is 2.08. The van der Waals surface area contributed by atoms with Crippen molar-refractivity contribution < 1.29 is 9.52 Å². The minimum atomic E-state index is -0.706. The molecule has 1 unspecified atom stereocenters. The molecule has 0 radical (unpaired) electrons. The zero-order valence-corrected chi connectivity index (χ0v) is 13.0. The van der Waals surface area contributed by atoms with Gasteiger partial charge in [0.25, 0.3) is 0 Å². The molecular formula is C15H13BrO2S.